The fourth-order valence-electron chi connectivity index (χ4n) is 7.10. The molecule has 2 aliphatic carbocycles. The van der Waals surface area contributed by atoms with Crippen LogP contribution in [-0.4, -0.2) is 9.97 Å². The molecular weight excluding hydrogens is 426 g/mol. The molecule has 5 aromatic rings. The predicted octanol–water partition coefficient (Wildman–Crippen LogP) is 6.90. The van der Waals surface area contributed by atoms with Crippen molar-refractivity contribution in [2.75, 3.05) is 4.90 Å². The van der Waals surface area contributed by atoms with Crippen molar-refractivity contribution in [2.24, 2.45) is 0 Å². The summed E-state index contributed by atoms with van der Waals surface area (Å²) in [5, 5.41) is 0. The highest BCUT2D eigenvalue weighted by molar-refractivity contribution is 5.96. The number of fused-ring (bicyclic) bond motifs is 12. The van der Waals surface area contributed by atoms with Gasteiger partial charge >= 0.3 is 0 Å². The molecule has 2 aromatic heterocycles. The molecule has 0 saturated carbocycles. The first-order chi connectivity index (χ1) is 17.3. The lowest BCUT2D eigenvalue weighted by Crippen LogP contribution is -2.26. The molecule has 3 heteroatoms. The van der Waals surface area contributed by atoms with Gasteiger partial charge in [-0.05, 0) is 91.7 Å². The summed E-state index contributed by atoms with van der Waals surface area (Å²) in [4.78, 5) is 11.8. The zero-order valence-corrected chi connectivity index (χ0v) is 19.2. The summed E-state index contributed by atoms with van der Waals surface area (Å²) in [5.41, 5.74) is 19.8. The van der Waals surface area contributed by atoms with E-state index in [1.54, 1.807) is 0 Å². The number of benzene rings is 3. The van der Waals surface area contributed by atoms with E-state index in [4.69, 9.17) is 4.98 Å². The lowest BCUT2D eigenvalue weighted by molar-refractivity contribution is 0.970. The maximum atomic E-state index is 4.86. The Morgan fingerprint density at radius 2 is 1.43 bits per heavy atom. The average molecular weight is 448 g/mol. The van der Waals surface area contributed by atoms with Gasteiger partial charge in [0, 0.05) is 31.4 Å². The fourth-order valence-corrected chi connectivity index (χ4v) is 7.10. The van der Waals surface area contributed by atoms with Crippen LogP contribution in [0, 0.1) is 0 Å². The Kier molecular flexibility index (Phi) is 3.24. The van der Waals surface area contributed by atoms with Crippen LogP contribution in [0.3, 0.4) is 0 Å². The standard InChI is InChI=1S/C32H21N3/c1-2-6-23-18(4-1)14-26-24(23)7-8-25-27(26)15-20-13-21-12-19-5-3-10-34-32(19)35-29-9-11-33-17-22(29)16-28(30(20)25)31(21)35/h1-11,13,17H,12,14-16H2. The molecule has 0 bridgehead atoms. The summed E-state index contributed by atoms with van der Waals surface area (Å²) in [5.74, 6) is 1.07. The number of aromatic nitrogens is 2. The van der Waals surface area contributed by atoms with Crippen molar-refractivity contribution in [3.8, 4) is 22.3 Å². The van der Waals surface area contributed by atoms with Crippen LogP contribution in [0.1, 0.15) is 44.5 Å². The van der Waals surface area contributed by atoms with Crippen LogP contribution in [-0.2, 0) is 25.7 Å². The van der Waals surface area contributed by atoms with Crippen molar-refractivity contribution in [3.05, 3.63) is 124 Å². The zero-order chi connectivity index (χ0) is 22.7. The maximum absolute atomic E-state index is 4.86. The molecule has 0 spiro atoms. The molecule has 3 aromatic carbocycles. The molecule has 0 saturated heterocycles. The van der Waals surface area contributed by atoms with Gasteiger partial charge in [-0.3, -0.25) is 9.88 Å². The van der Waals surface area contributed by atoms with Gasteiger partial charge in [-0.1, -0.05) is 48.5 Å². The minimum atomic E-state index is 0.921. The molecule has 164 valence electrons. The Hall–Kier alpha value is -4.24. The smallest absolute Gasteiger partial charge is 0.141 e. The SMILES string of the molecule is c1ccc2c(c1)Cc1c-2ccc2c1Cc1cc3c4c(c1-2)Cc1cnccc1N4c1ncccc1C3. The normalized spacial score (nSPS) is 14.9. The minimum Gasteiger partial charge on any atom is -0.294 e. The van der Waals surface area contributed by atoms with Gasteiger partial charge in [-0.25, -0.2) is 4.98 Å². The van der Waals surface area contributed by atoms with E-state index in [0.717, 1.165) is 31.5 Å². The quantitative estimate of drug-likeness (QED) is 0.253. The Bertz CT molecular complexity index is 1750. The molecule has 3 nitrogen and oxygen atoms in total. The van der Waals surface area contributed by atoms with E-state index in [9.17, 15) is 0 Å². The third-order valence-electron chi connectivity index (χ3n) is 8.47. The fraction of sp³-hybridized carbons (Fsp3) is 0.125. The van der Waals surface area contributed by atoms with Crippen LogP contribution >= 0.6 is 0 Å². The van der Waals surface area contributed by atoms with E-state index in [2.05, 4.69) is 70.5 Å². The van der Waals surface area contributed by atoms with Gasteiger partial charge in [0.05, 0.1) is 11.4 Å². The second-order valence-electron chi connectivity index (χ2n) is 10.2. The highest BCUT2D eigenvalue weighted by Crippen LogP contribution is 2.56. The lowest BCUT2D eigenvalue weighted by Gasteiger charge is -2.39. The Morgan fingerprint density at radius 3 is 2.43 bits per heavy atom. The zero-order valence-electron chi connectivity index (χ0n) is 19.2. The van der Waals surface area contributed by atoms with Crippen LogP contribution in [0.25, 0.3) is 22.3 Å². The number of anilines is 3. The number of nitrogens with zero attached hydrogens (tertiary/aromatic N) is 3. The molecule has 35 heavy (non-hydrogen) atoms. The van der Waals surface area contributed by atoms with Gasteiger partial charge in [-0.2, -0.15) is 0 Å². The summed E-state index contributed by atoms with van der Waals surface area (Å²) in [6.45, 7) is 0. The van der Waals surface area contributed by atoms with E-state index in [1.807, 2.05) is 18.6 Å². The molecule has 0 unspecified atom stereocenters. The Balaban J connectivity index is 1.32. The van der Waals surface area contributed by atoms with Crippen molar-refractivity contribution < 1.29 is 0 Å². The molecule has 0 fully saturated rings. The van der Waals surface area contributed by atoms with Gasteiger partial charge in [0.1, 0.15) is 5.82 Å². The van der Waals surface area contributed by atoms with E-state index in [0.29, 0.717) is 0 Å². The molecule has 0 amide bonds. The van der Waals surface area contributed by atoms with Crippen molar-refractivity contribution in [2.45, 2.75) is 25.7 Å². The summed E-state index contributed by atoms with van der Waals surface area (Å²) in [6, 6.07) is 22.6. The Labute approximate surface area is 203 Å². The second kappa shape index (κ2) is 6.25. The average Bonchev–Trinajstić information content (AvgIpc) is 3.46. The number of hydrogen-bond acceptors (Lipinski definition) is 3. The highest BCUT2D eigenvalue weighted by Gasteiger charge is 2.38. The second-order valence-corrected chi connectivity index (χ2v) is 10.2. The molecule has 4 heterocycles. The molecule has 2 aliphatic heterocycles. The van der Waals surface area contributed by atoms with Crippen molar-refractivity contribution in [3.63, 3.8) is 0 Å². The third-order valence-corrected chi connectivity index (χ3v) is 8.47. The van der Waals surface area contributed by atoms with Crippen LogP contribution in [0.2, 0.25) is 0 Å². The first-order valence-electron chi connectivity index (χ1n) is 12.4. The first-order valence-corrected chi connectivity index (χ1v) is 12.4. The highest BCUT2D eigenvalue weighted by atomic mass is 15.2. The first kappa shape index (κ1) is 18.1. The number of pyridine rings is 2. The molecular formula is C32H21N3. The third kappa shape index (κ3) is 2.21. The molecule has 0 N–H and O–H groups in total. The van der Waals surface area contributed by atoms with Crippen LogP contribution in [0.15, 0.2) is 79.3 Å². The van der Waals surface area contributed by atoms with Gasteiger partial charge in [-0.15, -0.1) is 0 Å². The van der Waals surface area contributed by atoms with Crippen molar-refractivity contribution in [1.82, 2.24) is 9.97 Å². The molecule has 4 aliphatic rings. The van der Waals surface area contributed by atoms with Gasteiger partial charge in [0.15, 0.2) is 0 Å². The molecule has 0 radical (unpaired) electrons. The topological polar surface area (TPSA) is 29.0 Å². The van der Waals surface area contributed by atoms with Crippen molar-refractivity contribution >= 4 is 17.2 Å². The monoisotopic (exact) mass is 447 g/mol. The maximum Gasteiger partial charge on any atom is 0.141 e. The largest absolute Gasteiger partial charge is 0.294 e. The summed E-state index contributed by atoms with van der Waals surface area (Å²) in [6.07, 6.45) is 9.81. The van der Waals surface area contributed by atoms with Crippen LogP contribution in [0.5, 0.6) is 0 Å². The summed E-state index contributed by atoms with van der Waals surface area (Å²) < 4.78 is 0. The van der Waals surface area contributed by atoms with Gasteiger partial charge in [0.2, 0.25) is 0 Å². The van der Waals surface area contributed by atoms with Gasteiger partial charge in [0.25, 0.3) is 0 Å². The van der Waals surface area contributed by atoms with E-state index in [-0.39, 0.29) is 0 Å². The van der Waals surface area contributed by atoms with E-state index in [1.165, 1.54) is 78.1 Å². The number of hydrogen-bond donors (Lipinski definition) is 0. The van der Waals surface area contributed by atoms with Crippen LogP contribution < -0.4 is 4.90 Å². The number of rotatable bonds is 0. The predicted molar refractivity (Wildman–Crippen MR) is 139 cm³/mol. The van der Waals surface area contributed by atoms with Gasteiger partial charge < -0.3 is 0 Å². The Morgan fingerprint density at radius 1 is 0.600 bits per heavy atom. The molecule has 9 rings (SSSR count). The van der Waals surface area contributed by atoms with Crippen LogP contribution in [0.4, 0.5) is 17.2 Å². The lowest BCUT2D eigenvalue weighted by atomic mass is 9.83. The summed E-state index contributed by atoms with van der Waals surface area (Å²) >= 11 is 0. The molecule has 0 atom stereocenters. The van der Waals surface area contributed by atoms with E-state index < -0.39 is 0 Å². The van der Waals surface area contributed by atoms with Crippen molar-refractivity contribution in [1.29, 1.82) is 0 Å². The van der Waals surface area contributed by atoms with E-state index >= 15 is 0 Å². The summed E-state index contributed by atoms with van der Waals surface area (Å²) in [7, 11) is 0. The minimum absolute atomic E-state index is 0.921.